The molecule has 13 heteroatoms. The minimum absolute atomic E-state index is 0.0185. The predicted octanol–water partition coefficient (Wildman–Crippen LogP) is 22.7. The molecule has 3 atom stereocenters. The second-order valence-corrected chi connectivity index (χ2v) is 30.6. The second kappa shape index (κ2) is 73.8. The van der Waals surface area contributed by atoms with E-state index in [4.69, 9.17) is 0 Å². The topological polar surface area (TPSA) is 192 Å². The molecule has 0 bridgehead atoms. The molecule has 0 aromatic carbocycles. The van der Waals surface area contributed by atoms with Crippen LogP contribution in [0.1, 0.15) is 427 Å². The van der Waals surface area contributed by atoms with Crippen LogP contribution in [0.4, 0.5) is 0 Å². The van der Waals surface area contributed by atoms with Gasteiger partial charge in [0.1, 0.15) is 12.1 Å². The second-order valence-electron chi connectivity index (χ2n) is 30.6. The third-order valence-electron chi connectivity index (χ3n) is 19.6. The molecule has 0 aromatic rings. The zero-order valence-corrected chi connectivity index (χ0v) is 67.0. The number of allylic oxidation sites excluding steroid dienone is 8. The van der Waals surface area contributed by atoms with Crippen molar-refractivity contribution in [3.8, 4) is 0 Å². The van der Waals surface area contributed by atoms with Gasteiger partial charge in [0.2, 0.25) is 35.4 Å². The Labute approximate surface area is 622 Å². The summed E-state index contributed by atoms with van der Waals surface area (Å²) in [6.07, 6.45) is 81.5. The molecule has 3 unspecified atom stereocenters. The van der Waals surface area contributed by atoms with E-state index in [1.807, 2.05) is 20.8 Å². The van der Waals surface area contributed by atoms with Crippen LogP contribution in [0, 0.1) is 5.41 Å². The van der Waals surface area contributed by atoms with E-state index in [2.05, 4.69) is 108 Å². The van der Waals surface area contributed by atoms with Crippen molar-refractivity contribution in [2.24, 2.45) is 5.41 Å². The molecule has 0 saturated heterocycles. The van der Waals surface area contributed by atoms with Gasteiger partial charge in [-0.05, 0) is 148 Å². The van der Waals surface area contributed by atoms with E-state index >= 15 is 0 Å². The van der Waals surface area contributed by atoms with Crippen molar-refractivity contribution in [3.63, 3.8) is 0 Å². The maximum atomic E-state index is 14.3. The molecule has 0 radical (unpaired) electrons. The molecule has 0 aromatic heterocycles. The fourth-order valence-corrected chi connectivity index (χ4v) is 12.9. The van der Waals surface area contributed by atoms with Crippen LogP contribution in [0.15, 0.2) is 48.6 Å². The number of amides is 6. The van der Waals surface area contributed by atoms with Gasteiger partial charge in [-0.1, -0.05) is 303 Å². The van der Waals surface area contributed by atoms with Crippen molar-refractivity contribution in [1.29, 1.82) is 0 Å². The molecule has 0 aliphatic rings. The summed E-state index contributed by atoms with van der Waals surface area (Å²) in [5.74, 6) is -1.87. The molecule has 0 aliphatic carbocycles. The molecule has 13 nitrogen and oxygen atoms in total. The van der Waals surface area contributed by atoms with Gasteiger partial charge in [-0.25, -0.2) is 0 Å². The smallest absolute Gasteiger partial charge is 0.244 e. The van der Waals surface area contributed by atoms with Gasteiger partial charge in [0, 0.05) is 50.7 Å². The Bertz CT molecular complexity index is 2100. The highest BCUT2D eigenvalue weighted by atomic mass is 16.2. The Kier molecular flexibility index (Phi) is 70.4. The van der Waals surface area contributed by atoms with Gasteiger partial charge in [-0.2, -0.15) is 0 Å². The Hall–Kier alpha value is -4.55. The Morgan fingerprint density at radius 1 is 0.257 bits per heavy atom. The Morgan fingerprint density at radius 2 is 0.505 bits per heavy atom. The number of hydrogen-bond acceptors (Lipinski definition) is 7. The van der Waals surface area contributed by atoms with Crippen molar-refractivity contribution in [3.05, 3.63) is 48.6 Å². The molecule has 586 valence electrons. The number of ketones is 1. The fraction of sp³-hybridized carbons (Fsp3) is 0.830. The summed E-state index contributed by atoms with van der Waals surface area (Å²) >= 11 is 0. The molecule has 101 heavy (non-hydrogen) atoms. The normalized spacial score (nSPS) is 12.8. The lowest BCUT2D eigenvalue weighted by Gasteiger charge is -2.28. The van der Waals surface area contributed by atoms with E-state index in [9.17, 15) is 33.6 Å². The molecular formula is C88H162N6O7. The molecule has 6 N–H and O–H groups in total. The van der Waals surface area contributed by atoms with E-state index < -0.39 is 29.4 Å². The van der Waals surface area contributed by atoms with Gasteiger partial charge in [0.15, 0.2) is 5.78 Å². The van der Waals surface area contributed by atoms with E-state index in [1.165, 1.54) is 161 Å². The first-order valence-electron chi connectivity index (χ1n) is 43.0. The lowest BCUT2D eigenvalue weighted by molar-refractivity contribution is -0.134. The van der Waals surface area contributed by atoms with Crippen molar-refractivity contribution in [1.82, 2.24) is 31.9 Å². The van der Waals surface area contributed by atoms with Gasteiger partial charge in [-0.15, -0.1) is 0 Å². The van der Waals surface area contributed by atoms with Crippen molar-refractivity contribution < 1.29 is 33.6 Å². The molecule has 0 rings (SSSR count). The number of unbranched alkanes of at least 4 members (excludes halogenated alkanes) is 45. The summed E-state index contributed by atoms with van der Waals surface area (Å²) in [6.45, 7) is 14.6. The minimum Gasteiger partial charge on any atom is -0.354 e. The van der Waals surface area contributed by atoms with Crippen LogP contribution >= 0.6 is 0 Å². The van der Waals surface area contributed by atoms with Crippen LogP contribution in [-0.4, -0.2) is 79.0 Å². The SMILES string of the molecule is CCCCCCCC/C=C\CCCCCCCC(=O)NCC(NC(=O)CCCCCCC/C=C\CCCCCCCC)C(=O)NCCCCC(NC(=O)C(CNC(=O)CCCCCCC/C=C\CCCCCCCC)NC(=O)CCCCCCC/C=C\CCCCCCCC)C(=O)C(C)(C)C. The lowest BCUT2D eigenvalue weighted by Crippen LogP contribution is -2.56. The van der Waals surface area contributed by atoms with Crippen LogP contribution in [0.25, 0.3) is 0 Å². The molecule has 6 amide bonds. The quantitative estimate of drug-likeness (QED) is 0.0258. The van der Waals surface area contributed by atoms with Gasteiger partial charge in [-0.3, -0.25) is 33.6 Å². The minimum atomic E-state index is -1.08. The number of Topliss-reactive ketones (excluding diaryl/α,β-unsaturated/α-hetero) is 1. The van der Waals surface area contributed by atoms with E-state index in [0.29, 0.717) is 38.5 Å². The van der Waals surface area contributed by atoms with Crippen LogP contribution < -0.4 is 31.9 Å². The first-order chi connectivity index (χ1) is 49.2. The summed E-state index contributed by atoms with van der Waals surface area (Å²) < 4.78 is 0. The molecule has 0 aliphatic heterocycles. The largest absolute Gasteiger partial charge is 0.354 e. The Morgan fingerprint density at radius 3 is 0.782 bits per heavy atom. The fourth-order valence-electron chi connectivity index (χ4n) is 12.9. The van der Waals surface area contributed by atoms with Gasteiger partial charge in [0.25, 0.3) is 0 Å². The lowest BCUT2D eigenvalue weighted by atomic mass is 9.84. The van der Waals surface area contributed by atoms with Gasteiger partial charge >= 0.3 is 0 Å². The number of rotatable bonds is 75. The predicted molar refractivity (Wildman–Crippen MR) is 431 cm³/mol. The average molecular weight is 1420 g/mol. The van der Waals surface area contributed by atoms with Crippen LogP contribution in [0.3, 0.4) is 0 Å². The van der Waals surface area contributed by atoms with Crippen LogP contribution in [0.2, 0.25) is 0 Å². The highest BCUT2D eigenvalue weighted by Crippen LogP contribution is 2.21. The van der Waals surface area contributed by atoms with Gasteiger partial charge < -0.3 is 31.9 Å². The monoisotopic (exact) mass is 1420 g/mol. The van der Waals surface area contributed by atoms with Crippen LogP contribution in [0.5, 0.6) is 0 Å². The molecule has 0 saturated carbocycles. The maximum Gasteiger partial charge on any atom is 0.244 e. The van der Waals surface area contributed by atoms with E-state index in [1.54, 1.807) is 0 Å². The van der Waals surface area contributed by atoms with E-state index in [-0.39, 0.29) is 67.8 Å². The van der Waals surface area contributed by atoms with Gasteiger partial charge in [0.05, 0.1) is 6.04 Å². The standard InChI is InChI=1S/C88H162N6O7/c1-8-12-16-20-24-28-32-36-40-44-48-52-56-60-64-71-81(95)90-76-79(92-83(97)73-66-62-58-54-50-46-42-38-34-30-26-22-18-14-10-3)86(100)89-75-69-68-70-78(85(99)88(5,6)7)94-87(101)80(93-84(98)74-67-63-59-55-51-47-43-39-35-31-27-23-19-15-11-4)77-91-82(96)72-65-61-57-53-49-45-41-37-33-29-25-21-17-13-9-2/h36-43,78-80H,8-35,44-77H2,1-7H3,(H,89,100)(H,90,95)(H,91,96)(H,92,97)(H,93,98)(H,94,101)/b40-36-,41-37-,42-38-,43-39-. The Balaban J connectivity index is 5.69. The highest BCUT2D eigenvalue weighted by Gasteiger charge is 2.33. The third-order valence-corrected chi connectivity index (χ3v) is 19.6. The molecule has 0 spiro atoms. The number of hydrogen-bond donors (Lipinski definition) is 6. The summed E-state index contributed by atoms with van der Waals surface area (Å²) in [7, 11) is 0. The van der Waals surface area contributed by atoms with Crippen molar-refractivity contribution in [2.75, 3.05) is 19.6 Å². The zero-order valence-electron chi connectivity index (χ0n) is 67.0. The van der Waals surface area contributed by atoms with Crippen LogP contribution in [-0.2, 0) is 33.6 Å². The molecule has 0 heterocycles. The number of carbonyl (C=O) groups is 7. The van der Waals surface area contributed by atoms with Crippen molar-refractivity contribution in [2.45, 2.75) is 445 Å². The summed E-state index contributed by atoms with van der Waals surface area (Å²) in [6, 6.07) is -2.91. The maximum absolute atomic E-state index is 14.3. The summed E-state index contributed by atoms with van der Waals surface area (Å²) in [4.78, 5) is 95.6. The first kappa shape index (κ1) is 96.4. The summed E-state index contributed by atoms with van der Waals surface area (Å²) in [5, 5.41) is 17.7. The first-order valence-corrected chi connectivity index (χ1v) is 43.0. The number of carbonyl (C=O) groups excluding carboxylic acids is 7. The zero-order chi connectivity index (χ0) is 74.0. The average Bonchev–Trinajstić information content (AvgIpc) is 0.860. The third kappa shape index (κ3) is 67.1. The number of nitrogens with one attached hydrogen (secondary N) is 6. The molecular weight excluding hydrogens is 1250 g/mol. The molecule has 0 fully saturated rings. The highest BCUT2D eigenvalue weighted by molar-refractivity contribution is 5.95. The summed E-state index contributed by atoms with van der Waals surface area (Å²) in [5.41, 5.74) is -0.795. The van der Waals surface area contributed by atoms with E-state index in [0.717, 1.165) is 167 Å². The van der Waals surface area contributed by atoms with Crippen molar-refractivity contribution >= 4 is 41.2 Å².